The number of amides is 2. The second kappa shape index (κ2) is 6.91. The fraction of sp³-hybridized carbons (Fsp3) is 0.235. The Kier molecular flexibility index (Phi) is 4.71. The maximum absolute atomic E-state index is 14.0. The van der Waals surface area contributed by atoms with Crippen LogP contribution in [0.5, 0.6) is 5.75 Å². The predicted octanol–water partition coefficient (Wildman–Crippen LogP) is 4.11. The lowest BCUT2D eigenvalue weighted by atomic mass is 10.2. The van der Waals surface area contributed by atoms with Crippen LogP contribution in [0.25, 0.3) is 0 Å². The van der Waals surface area contributed by atoms with Crippen LogP contribution in [0.1, 0.15) is 10.9 Å². The van der Waals surface area contributed by atoms with Gasteiger partial charge >= 0.3 is 6.03 Å². The molecule has 1 saturated heterocycles. The highest BCUT2D eigenvalue weighted by molar-refractivity contribution is 7.99. The molecule has 4 nitrogen and oxygen atoms in total. The van der Waals surface area contributed by atoms with E-state index < -0.39 is 0 Å². The standard InChI is InChI=1S/C17H17FN2O2S/c1-22-15-9-5-4-8-14(15)19-17(21)20-10-11-23-16(20)12-6-2-3-7-13(12)18/h2-9,16H,10-11H2,1H3,(H,19,21). The van der Waals surface area contributed by atoms with Crippen molar-refractivity contribution in [1.82, 2.24) is 4.90 Å². The van der Waals surface area contributed by atoms with Gasteiger partial charge in [0, 0.05) is 17.9 Å². The Morgan fingerprint density at radius 2 is 2.00 bits per heavy atom. The normalized spacial score (nSPS) is 17.1. The number of para-hydroxylation sites is 2. The highest BCUT2D eigenvalue weighted by Crippen LogP contribution is 2.39. The minimum atomic E-state index is -0.314. The van der Waals surface area contributed by atoms with Crippen molar-refractivity contribution >= 4 is 23.5 Å². The van der Waals surface area contributed by atoms with Gasteiger partial charge < -0.3 is 15.0 Å². The summed E-state index contributed by atoms with van der Waals surface area (Å²) in [6.07, 6.45) is 0. The van der Waals surface area contributed by atoms with Crippen LogP contribution in [-0.4, -0.2) is 30.3 Å². The van der Waals surface area contributed by atoms with Crippen molar-refractivity contribution in [2.75, 3.05) is 24.7 Å². The number of nitrogens with one attached hydrogen (secondary N) is 1. The molecule has 1 atom stereocenters. The van der Waals surface area contributed by atoms with Crippen LogP contribution in [-0.2, 0) is 0 Å². The topological polar surface area (TPSA) is 41.6 Å². The molecule has 2 aromatic rings. The number of hydrogen-bond donors (Lipinski definition) is 1. The van der Waals surface area contributed by atoms with Crippen molar-refractivity contribution in [1.29, 1.82) is 0 Å². The minimum Gasteiger partial charge on any atom is -0.495 e. The summed E-state index contributed by atoms with van der Waals surface area (Å²) in [5, 5.41) is 2.53. The van der Waals surface area contributed by atoms with Crippen molar-refractivity contribution in [2.45, 2.75) is 5.37 Å². The number of urea groups is 1. The van der Waals surface area contributed by atoms with Gasteiger partial charge in [-0.25, -0.2) is 9.18 Å². The SMILES string of the molecule is COc1ccccc1NC(=O)N1CCSC1c1ccccc1F. The Balaban J connectivity index is 1.80. The molecule has 6 heteroatoms. The molecule has 1 unspecified atom stereocenters. The lowest BCUT2D eigenvalue weighted by Crippen LogP contribution is -2.34. The van der Waals surface area contributed by atoms with Gasteiger partial charge in [0.2, 0.25) is 0 Å². The van der Waals surface area contributed by atoms with Crippen LogP contribution in [0.2, 0.25) is 0 Å². The second-order valence-corrected chi connectivity index (χ2v) is 6.26. The Morgan fingerprint density at radius 1 is 1.26 bits per heavy atom. The quantitative estimate of drug-likeness (QED) is 0.919. The fourth-order valence-electron chi connectivity index (χ4n) is 2.55. The smallest absolute Gasteiger partial charge is 0.323 e. The molecule has 0 aromatic heterocycles. The van der Waals surface area contributed by atoms with E-state index in [9.17, 15) is 9.18 Å². The summed E-state index contributed by atoms with van der Waals surface area (Å²) in [5.74, 6) is 1.08. The van der Waals surface area contributed by atoms with E-state index in [0.29, 0.717) is 23.5 Å². The van der Waals surface area contributed by atoms with Crippen molar-refractivity contribution in [3.63, 3.8) is 0 Å². The monoisotopic (exact) mass is 332 g/mol. The third-order valence-electron chi connectivity index (χ3n) is 3.67. The molecule has 0 aliphatic carbocycles. The van der Waals surface area contributed by atoms with Gasteiger partial charge in [-0.15, -0.1) is 11.8 Å². The fourth-order valence-corrected chi connectivity index (χ4v) is 3.82. The van der Waals surface area contributed by atoms with Gasteiger partial charge in [-0.2, -0.15) is 0 Å². The van der Waals surface area contributed by atoms with Crippen LogP contribution in [0.15, 0.2) is 48.5 Å². The minimum absolute atomic E-state index is 0.257. The van der Waals surface area contributed by atoms with E-state index in [4.69, 9.17) is 4.74 Å². The third-order valence-corrected chi connectivity index (χ3v) is 4.91. The van der Waals surface area contributed by atoms with Crippen molar-refractivity contribution < 1.29 is 13.9 Å². The maximum Gasteiger partial charge on any atom is 0.323 e. The number of carbonyl (C=O) groups excluding carboxylic acids is 1. The Bertz CT molecular complexity index is 710. The van der Waals surface area contributed by atoms with Gasteiger partial charge in [-0.05, 0) is 18.2 Å². The number of rotatable bonds is 3. The van der Waals surface area contributed by atoms with Gasteiger partial charge in [0.05, 0.1) is 12.8 Å². The van der Waals surface area contributed by atoms with Crippen molar-refractivity contribution in [3.05, 3.63) is 59.9 Å². The molecule has 2 amide bonds. The largest absolute Gasteiger partial charge is 0.495 e. The van der Waals surface area contributed by atoms with Crippen LogP contribution in [0.4, 0.5) is 14.9 Å². The van der Waals surface area contributed by atoms with Crippen LogP contribution in [0, 0.1) is 5.82 Å². The summed E-state index contributed by atoms with van der Waals surface area (Å²) < 4.78 is 19.3. The molecule has 1 fully saturated rings. The number of anilines is 1. The van der Waals surface area contributed by atoms with Crippen molar-refractivity contribution in [2.24, 2.45) is 0 Å². The number of methoxy groups -OCH3 is 1. The Morgan fingerprint density at radius 3 is 2.78 bits per heavy atom. The molecular formula is C17H17FN2O2S. The Hall–Kier alpha value is -2.21. The summed E-state index contributed by atoms with van der Waals surface area (Å²) in [4.78, 5) is 14.2. The van der Waals surface area contributed by atoms with E-state index in [1.54, 1.807) is 54.1 Å². The first-order valence-corrected chi connectivity index (χ1v) is 8.32. The lowest BCUT2D eigenvalue weighted by molar-refractivity contribution is 0.213. The molecule has 23 heavy (non-hydrogen) atoms. The van der Waals surface area contributed by atoms with E-state index in [-0.39, 0.29) is 17.2 Å². The average Bonchev–Trinajstić information content (AvgIpc) is 3.05. The number of halogens is 1. The molecule has 120 valence electrons. The van der Waals surface area contributed by atoms with E-state index in [0.717, 1.165) is 5.75 Å². The summed E-state index contributed by atoms with van der Waals surface area (Å²) in [5.41, 5.74) is 1.13. The third kappa shape index (κ3) is 3.27. The van der Waals surface area contributed by atoms with E-state index in [1.807, 2.05) is 12.1 Å². The number of ether oxygens (including phenoxy) is 1. The lowest BCUT2D eigenvalue weighted by Gasteiger charge is -2.25. The molecule has 0 bridgehead atoms. The predicted molar refractivity (Wildman–Crippen MR) is 90.3 cm³/mol. The first kappa shape index (κ1) is 15.7. The molecule has 1 N–H and O–H groups in total. The number of thioether (sulfide) groups is 1. The van der Waals surface area contributed by atoms with Crippen LogP contribution < -0.4 is 10.1 Å². The van der Waals surface area contributed by atoms with E-state index in [1.165, 1.54) is 6.07 Å². The maximum atomic E-state index is 14.0. The van der Waals surface area contributed by atoms with Gasteiger partial charge in [0.25, 0.3) is 0 Å². The van der Waals surface area contributed by atoms with Crippen LogP contribution in [0.3, 0.4) is 0 Å². The number of nitrogens with zero attached hydrogens (tertiary/aromatic N) is 1. The van der Waals surface area contributed by atoms with Crippen LogP contribution >= 0.6 is 11.8 Å². The zero-order valence-electron chi connectivity index (χ0n) is 12.7. The number of hydrogen-bond acceptors (Lipinski definition) is 3. The molecule has 2 aromatic carbocycles. The van der Waals surface area contributed by atoms with Gasteiger partial charge in [0.1, 0.15) is 16.9 Å². The molecular weight excluding hydrogens is 315 g/mol. The van der Waals surface area contributed by atoms with E-state index >= 15 is 0 Å². The second-order valence-electron chi connectivity index (χ2n) is 5.07. The zero-order valence-corrected chi connectivity index (χ0v) is 13.5. The first-order chi connectivity index (χ1) is 11.2. The first-order valence-electron chi connectivity index (χ1n) is 7.27. The molecule has 0 saturated carbocycles. The summed E-state index contributed by atoms with van der Waals surface area (Å²) in [7, 11) is 1.55. The molecule has 0 radical (unpaired) electrons. The van der Waals surface area contributed by atoms with Gasteiger partial charge in [-0.3, -0.25) is 0 Å². The molecule has 1 heterocycles. The van der Waals surface area contributed by atoms with E-state index in [2.05, 4.69) is 5.32 Å². The highest BCUT2D eigenvalue weighted by atomic mass is 32.2. The summed E-state index contributed by atoms with van der Waals surface area (Å²) >= 11 is 1.56. The molecule has 1 aliphatic rings. The summed E-state index contributed by atoms with van der Waals surface area (Å²) in [6, 6.07) is 13.5. The number of carbonyl (C=O) groups is 1. The van der Waals surface area contributed by atoms with Crippen molar-refractivity contribution in [3.8, 4) is 5.75 Å². The molecule has 0 spiro atoms. The summed E-state index contributed by atoms with van der Waals surface area (Å²) in [6.45, 7) is 0.574. The molecule has 1 aliphatic heterocycles. The Labute approximate surface area is 138 Å². The highest BCUT2D eigenvalue weighted by Gasteiger charge is 2.32. The van der Waals surface area contributed by atoms with Gasteiger partial charge in [0.15, 0.2) is 0 Å². The number of benzene rings is 2. The van der Waals surface area contributed by atoms with Gasteiger partial charge in [-0.1, -0.05) is 30.3 Å². The zero-order chi connectivity index (χ0) is 16.2. The molecule has 3 rings (SSSR count). The average molecular weight is 332 g/mol.